The highest BCUT2D eigenvalue weighted by atomic mass is 16.5. The molecule has 1 amide bonds. The Labute approximate surface area is 117 Å². The third-order valence-electron chi connectivity index (χ3n) is 3.18. The summed E-state index contributed by atoms with van der Waals surface area (Å²) in [4.78, 5) is 36.6. The van der Waals surface area contributed by atoms with Crippen molar-refractivity contribution in [1.82, 2.24) is 0 Å². The Bertz CT molecular complexity index is 565. The molecule has 0 saturated heterocycles. The van der Waals surface area contributed by atoms with Crippen molar-refractivity contribution < 1.29 is 19.1 Å². The van der Waals surface area contributed by atoms with Crippen LogP contribution in [0.4, 0.5) is 5.69 Å². The fraction of sp³-hybridized carbons (Fsp3) is 0.400. The van der Waals surface area contributed by atoms with Gasteiger partial charge in [-0.2, -0.15) is 0 Å². The van der Waals surface area contributed by atoms with Gasteiger partial charge in [-0.1, -0.05) is 25.0 Å². The number of amides is 1. The van der Waals surface area contributed by atoms with Crippen molar-refractivity contribution in [2.24, 2.45) is 0 Å². The number of anilines is 1. The van der Waals surface area contributed by atoms with E-state index in [1.807, 2.05) is 13.8 Å². The molecule has 0 radical (unpaired) electrons. The van der Waals surface area contributed by atoms with Crippen LogP contribution in [0.2, 0.25) is 0 Å². The van der Waals surface area contributed by atoms with Crippen molar-refractivity contribution in [2.75, 3.05) is 18.1 Å². The fourth-order valence-electron chi connectivity index (χ4n) is 2.08. The monoisotopic (exact) mass is 275 g/mol. The zero-order valence-electron chi connectivity index (χ0n) is 11.6. The summed E-state index contributed by atoms with van der Waals surface area (Å²) in [6, 6.07) is 5.16. The molecule has 1 aromatic rings. The van der Waals surface area contributed by atoms with E-state index < -0.39 is 17.7 Å². The predicted octanol–water partition coefficient (Wildman–Crippen LogP) is 1.87. The molecular formula is C15H17NO4. The molecule has 5 heteroatoms. The summed E-state index contributed by atoms with van der Waals surface area (Å²) in [6.45, 7) is 3.96. The molecule has 0 aromatic heterocycles. The standard InChI is InChI=1S/C15H17NO4/c1-3-4-7-20-13(17)9-16-12-6-5-10(2)8-11(12)14(18)15(16)19/h5-6,8H,3-4,7,9H2,1-2H3. The number of aryl methyl sites for hydroxylation is 1. The van der Waals surface area contributed by atoms with Gasteiger partial charge in [-0.05, 0) is 25.5 Å². The van der Waals surface area contributed by atoms with E-state index in [1.54, 1.807) is 18.2 Å². The number of fused-ring (bicyclic) bond motifs is 1. The summed E-state index contributed by atoms with van der Waals surface area (Å²) in [6.07, 6.45) is 1.71. The molecule has 0 atom stereocenters. The van der Waals surface area contributed by atoms with E-state index in [-0.39, 0.29) is 6.54 Å². The van der Waals surface area contributed by atoms with Gasteiger partial charge in [-0.15, -0.1) is 0 Å². The van der Waals surface area contributed by atoms with Crippen LogP contribution in [-0.2, 0) is 14.3 Å². The maximum absolute atomic E-state index is 11.9. The van der Waals surface area contributed by atoms with Crippen LogP contribution in [0.25, 0.3) is 0 Å². The third-order valence-corrected chi connectivity index (χ3v) is 3.18. The number of unbranched alkanes of at least 4 members (excludes halogenated alkanes) is 1. The van der Waals surface area contributed by atoms with Crippen LogP contribution in [0.3, 0.4) is 0 Å². The lowest BCUT2D eigenvalue weighted by Gasteiger charge is -2.15. The number of rotatable bonds is 5. The minimum Gasteiger partial charge on any atom is -0.464 e. The van der Waals surface area contributed by atoms with E-state index in [9.17, 15) is 14.4 Å². The van der Waals surface area contributed by atoms with Crippen LogP contribution in [0.5, 0.6) is 0 Å². The van der Waals surface area contributed by atoms with E-state index in [4.69, 9.17) is 4.74 Å². The van der Waals surface area contributed by atoms with Gasteiger partial charge in [0.15, 0.2) is 0 Å². The van der Waals surface area contributed by atoms with Crippen LogP contribution in [0.1, 0.15) is 35.7 Å². The molecule has 0 spiro atoms. The molecule has 20 heavy (non-hydrogen) atoms. The van der Waals surface area contributed by atoms with Crippen molar-refractivity contribution in [3.8, 4) is 0 Å². The smallest absolute Gasteiger partial charge is 0.326 e. The SMILES string of the molecule is CCCCOC(=O)CN1C(=O)C(=O)c2cc(C)ccc21. The first-order chi connectivity index (χ1) is 9.54. The quantitative estimate of drug-likeness (QED) is 0.467. The molecule has 1 heterocycles. The van der Waals surface area contributed by atoms with Gasteiger partial charge in [0.25, 0.3) is 11.7 Å². The Hall–Kier alpha value is -2.17. The van der Waals surface area contributed by atoms with E-state index in [2.05, 4.69) is 0 Å². The lowest BCUT2D eigenvalue weighted by molar-refractivity contribution is -0.142. The van der Waals surface area contributed by atoms with Crippen LogP contribution in [0.15, 0.2) is 18.2 Å². The van der Waals surface area contributed by atoms with Crippen LogP contribution >= 0.6 is 0 Å². The molecule has 0 unspecified atom stereocenters. The number of ether oxygens (including phenoxy) is 1. The molecule has 0 aliphatic carbocycles. The Morgan fingerprint density at radius 2 is 2.05 bits per heavy atom. The molecule has 0 bridgehead atoms. The molecule has 5 nitrogen and oxygen atoms in total. The molecular weight excluding hydrogens is 258 g/mol. The Morgan fingerprint density at radius 3 is 2.75 bits per heavy atom. The summed E-state index contributed by atoms with van der Waals surface area (Å²) in [5, 5.41) is 0. The summed E-state index contributed by atoms with van der Waals surface area (Å²) < 4.78 is 5.02. The third kappa shape index (κ3) is 2.71. The molecule has 0 N–H and O–H groups in total. The number of hydrogen-bond donors (Lipinski definition) is 0. The minimum absolute atomic E-state index is 0.218. The molecule has 0 fully saturated rings. The number of hydrogen-bond acceptors (Lipinski definition) is 4. The largest absolute Gasteiger partial charge is 0.464 e. The Balaban J connectivity index is 2.12. The first-order valence-electron chi connectivity index (χ1n) is 6.67. The van der Waals surface area contributed by atoms with Crippen molar-refractivity contribution in [2.45, 2.75) is 26.7 Å². The number of benzene rings is 1. The molecule has 2 rings (SSSR count). The molecule has 1 aliphatic heterocycles. The highest BCUT2D eigenvalue weighted by Gasteiger charge is 2.36. The normalized spacial score (nSPS) is 13.6. The molecule has 1 aliphatic rings. The summed E-state index contributed by atoms with van der Waals surface area (Å²) >= 11 is 0. The van der Waals surface area contributed by atoms with Crippen molar-refractivity contribution >= 4 is 23.3 Å². The second-order valence-corrected chi connectivity index (χ2v) is 4.82. The summed E-state index contributed by atoms with van der Waals surface area (Å²) in [5.41, 5.74) is 1.74. The van der Waals surface area contributed by atoms with Gasteiger partial charge >= 0.3 is 5.97 Å². The van der Waals surface area contributed by atoms with Gasteiger partial charge in [0, 0.05) is 0 Å². The second-order valence-electron chi connectivity index (χ2n) is 4.82. The van der Waals surface area contributed by atoms with Gasteiger partial charge in [0.2, 0.25) is 0 Å². The van der Waals surface area contributed by atoms with Crippen molar-refractivity contribution in [3.05, 3.63) is 29.3 Å². The second kappa shape index (κ2) is 5.86. The van der Waals surface area contributed by atoms with E-state index in [0.29, 0.717) is 17.9 Å². The molecule has 0 saturated carbocycles. The van der Waals surface area contributed by atoms with Crippen molar-refractivity contribution in [1.29, 1.82) is 0 Å². The Morgan fingerprint density at radius 1 is 1.30 bits per heavy atom. The Kier molecular flexibility index (Phi) is 4.17. The molecule has 106 valence electrons. The highest BCUT2D eigenvalue weighted by molar-refractivity contribution is 6.52. The number of nitrogens with zero attached hydrogens (tertiary/aromatic N) is 1. The summed E-state index contributed by atoms with van der Waals surface area (Å²) in [7, 11) is 0. The van der Waals surface area contributed by atoms with Gasteiger partial charge in [0.05, 0.1) is 17.9 Å². The van der Waals surface area contributed by atoms with Crippen LogP contribution in [0, 0.1) is 6.92 Å². The van der Waals surface area contributed by atoms with Gasteiger partial charge in [-0.3, -0.25) is 19.3 Å². The highest BCUT2D eigenvalue weighted by Crippen LogP contribution is 2.29. The molecule has 1 aromatic carbocycles. The minimum atomic E-state index is -0.668. The number of esters is 1. The maximum Gasteiger partial charge on any atom is 0.326 e. The predicted molar refractivity (Wildman–Crippen MR) is 73.7 cm³/mol. The lowest BCUT2D eigenvalue weighted by atomic mass is 10.1. The van der Waals surface area contributed by atoms with Crippen LogP contribution < -0.4 is 4.90 Å². The van der Waals surface area contributed by atoms with Gasteiger partial charge < -0.3 is 4.74 Å². The van der Waals surface area contributed by atoms with E-state index >= 15 is 0 Å². The zero-order valence-corrected chi connectivity index (χ0v) is 11.6. The van der Waals surface area contributed by atoms with Crippen LogP contribution in [-0.4, -0.2) is 30.8 Å². The van der Waals surface area contributed by atoms with Gasteiger partial charge in [0.1, 0.15) is 6.54 Å². The lowest BCUT2D eigenvalue weighted by Crippen LogP contribution is -2.35. The van der Waals surface area contributed by atoms with Gasteiger partial charge in [-0.25, -0.2) is 0 Å². The van der Waals surface area contributed by atoms with Crippen molar-refractivity contribution in [3.63, 3.8) is 0 Å². The number of carbonyl (C=O) groups is 3. The number of ketones is 1. The average molecular weight is 275 g/mol. The first kappa shape index (κ1) is 14.2. The average Bonchev–Trinajstić information content (AvgIpc) is 2.64. The van der Waals surface area contributed by atoms with E-state index in [1.165, 1.54) is 4.90 Å². The fourth-order valence-corrected chi connectivity index (χ4v) is 2.08. The number of Topliss-reactive ketones (excluding diaryl/α,β-unsaturated/α-hetero) is 1. The number of carbonyl (C=O) groups excluding carboxylic acids is 3. The zero-order chi connectivity index (χ0) is 14.7. The topological polar surface area (TPSA) is 63.7 Å². The van der Waals surface area contributed by atoms with E-state index in [0.717, 1.165) is 18.4 Å². The first-order valence-corrected chi connectivity index (χ1v) is 6.67. The maximum atomic E-state index is 11.9. The summed E-state index contributed by atoms with van der Waals surface area (Å²) in [5.74, 6) is -1.73.